The van der Waals surface area contributed by atoms with E-state index in [1.54, 1.807) is 19.3 Å². The number of ether oxygens (including phenoxy) is 1. The molecule has 34 heavy (non-hydrogen) atoms. The third-order valence-electron chi connectivity index (χ3n) is 4.89. The predicted octanol–water partition coefficient (Wildman–Crippen LogP) is 6.26. The number of nitrogens with zero attached hydrogens (tertiary/aromatic N) is 3. The molecule has 0 saturated heterocycles. The number of rotatable bonds is 8. The molecule has 4 rings (SSSR count). The molecular weight excluding hydrogens is 485 g/mol. The second kappa shape index (κ2) is 11.0. The third-order valence-corrected chi connectivity index (χ3v) is 10.7. The van der Waals surface area contributed by atoms with Crippen molar-refractivity contribution in [1.29, 1.82) is 0 Å². The molecule has 0 spiro atoms. The van der Waals surface area contributed by atoms with Crippen molar-refractivity contribution >= 4 is 52.7 Å². The van der Waals surface area contributed by atoms with Gasteiger partial charge in [-0.2, -0.15) is 4.08 Å². The van der Waals surface area contributed by atoms with Gasteiger partial charge in [0.25, 0.3) is 0 Å². The molecule has 0 aliphatic heterocycles. The fraction of sp³-hybridized carbons (Fsp3) is 0.120. The fourth-order valence-corrected chi connectivity index (χ4v) is 7.87. The van der Waals surface area contributed by atoms with Crippen molar-refractivity contribution in [3.8, 4) is 11.5 Å². The van der Waals surface area contributed by atoms with E-state index in [1.807, 2.05) is 95.9 Å². The average Bonchev–Trinajstić information content (AvgIpc) is 2.88. The minimum atomic E-state index is -2.75. The van der Waals surface area contributed by atoms with Crippen LogP contribution in [0, 0.1) is 0 Å². The number of carbonyl (C=O) groups is 1. The summed E-state index contributed by atoms with van der Waals surface area (Å²) in [6.45, 7) is 2.54. The molecule has 1 unspecified atom stereocenters. The zero-order valence-electron chi connectivity index (χ0n) is 18.8. The zero-order valence-corrected chi connectivity index (χ0v) is 21.3. The van der Waals surface area contributed by atoms with Gasteiger partial charge in [-0.05, 0) is 48.2 Å². The molecule has 1 amide bonds. The Morgan fingerprint density at radius 2 is 1.65 bits per heavy atom. The number of fused-ring (bicyclic) bond motifs is 1. The summed E-state index contributed by atoms with van der Waals surface area (Å²) in [4.78, 5) is 17.3. The van der Waals surface area contributed by atoms with Crippen LogP contribution in [0.1, 0.15) is 6.92 Å². The van der Waals surface area contributed by atoms with Gasteiger partial charge in [-0.1, -0.05) is 61.5 Å². The van der Waals surface area contributed by atoms with Crippen LogP contribution in [0.5, 0.6) is 11.5 Å². The molecule has 0 bridgehead atoms. The van der Waals surface area contributed by atoms with Crippen molar-refractivity contribution < 1.29 is 14.1 Å². The van der Waals surface area contributed by atoms with Crippen molar-refractivity contribution in [3.63, 3.8) is 0 Å². The fourth-order valence-electron chi connectivity index (χ4n) is 3.25. The summed E-state index contributed by atoms with van der Waals surface area (Å²) in [5.74, 6) is 1.09. The number of para-hydroxylation sites is 2. The predicted molar refractivity (Wildman–Crippen MR) is 143 cm³/mol. The average molecular weight is 510 g/mol. The normalized spacial score (nSPS) is 12.8. The molecule has 0 aliphatic rings. The number of aromatic nitrogens is 1. The Labute approximate surface area is 208 Å². The first-order valence-electron chi connectivity index (χ1n) is 10.7. The van der Waals surface area contributed by atoms with E-state index < -0.39 is 12.5 Å². The summed E-state index contributed by atoms with van der Waals surface area (Å²) in [7, 11) is 1.65. The zero-order chi connectivity index (χ0) is 24.0. The summed E-state index contributed by atoms with van der Waals surface area (Å²) in [6.07, 6.45) is -1.61. The maximum atomic E-state index is 13.0. The quantitative estimate of drug-likeness (QED) is 0.205. The SMILES string of the molecule is CCN(SN(C)C(=O)Oc1cccc2cccnc12)P(=S)(Oc1ccccc1)c1ccccc1. The number of amides is 1. The van der Waals surface area contributed by atoms with Gasteiger partial charge in [-0.25, -0.2) is 9.10 Å². The van der Waals surface area contributed by atoms with Crippen LogP contribution in [-0.4, -0.2) is 33.1 Å². The van der Waals surface area contributed by atoms with Crippen LogP contribution in [0.4, 0.5) is 4.79 Å². The van der Waals surface area contributed by atoms with Gasteiger partial charge in [-0.3, -0.25) is 4.98 Å². The van der Waals surface area contributed by atoms with Crippen LogP contribution in [0.2, 0.25) is 0 Å². The first-order valence-corrected chi connectivity index (χ1v) is 14.1. The third kappa shape index (κ3) is 5.42. The Bertz CT molecular complexity index is 1300. The monoisotopic (exact) mass is 509 g/mol. The highest BCUT2D eigenvalue weighted by Crippen LogP contribution is 2.54. The summed E-state index contributed by atoms with van der Waals surface area (Å²) in [5.41, 5.74) is 0.630. The van der Waals surface area contributed by atoms with Crippen molar-refractivity contribution in [1.82, 2.24) is 13.4 Å². The van der Waals surface area contributed by atoms with Gasteiger partial charge < -0.3 is 9.26 Å². The number of carbonyl (C=O) groups excluding carboxylic acids is 1. The van der Waals surface area contributed by atoms with Gasteiger partial charge in [-0.15, -0.1) is 0 Å². The van der Waals surface area contributed by atoms with E-state index in [1.165, 1.54) is 16.4 Å². The second-order valence-corrected chi connectivity index (χ2v) is 12.3. The molecule has 9 heteroatoms. The van der Waals surface area contributed by atoms with Crippen molar-refractivity contribution in [3.05, 3.63) is 97.2 Å². The van der Waals surface area contributed by atoms with E-state index in [2.05, 4.69) is 4.98 Å². The molecule has 1 aromatic heterocycles. The van der Waals surface area contributed by atoms with Gasteiger partial charge >= 0.3 is 6.09 Å². The number of hydrogen-bond donors (Lipinski definition) is 0. The largest absolute Gasteiger partial charge is 0.448 e. The molecule has 0 aliphatic carbocycles. The topological polar surface area (TPSA) is 54.9 Å². The van der Waals surface area contributed by atoms with Gasteiger partial charge in [0.15, 0.2) is 5.75 Å². The van der Waals surface area contributed by atoms with Crippen molar-refractivity contribution in [2.75, 3.05) is 13.6 Å². The highest BCUT2D eigenvalue weighted by Gasteiger charge is 2.33. The van der Waals surface area contributed by atoms with Crippen LogP contribution in [0.25, 0.3) is 10.9 Å². The molecule has 1 atom stereocenters. The lowest BCUT2D eigenvalue weighted by molar-refractivity contribution is 0.187. The molecule has 6 nitrogen and oxygen atoms in total. The first kappa shape index (κ1) is 24.2. The summed E-state index contributed by atoms with van der Waals surface area (Å²) >= 11 is 7.36. The minimum absolute atomic E-state index is 0.404. The van der Waals surface area contributed by atoms with E-state index in [9.17, 15) is 4.79 Å². The van der Waals surface area contributed by atoms with Crippen LogP contribution in [0.3, 0.4) is 0 Å². The van der Waals surface area contributed by atoms with E-state index >= 15 is 0 Å². The highest BCUT2D eigenvalue weighted by molar-refractivity contribution is 8.19. The molecule has 0 radical (unpaired) electrons. The summed E-state index contributed by atoms with van der Waals surface area (Å²) in [5, 5.41) is 1.79. The van der Waals surface area contributed by atoms with E-state index in [-0.39, 0.29) is 0 Å². The lowest BCUT2D eigenvalue weighted by Crippen LogP contribution is -2.31. The van der Waals surface area contributed by atoms with E-state index in [4.69, 9.17) is 21.1 Å². The molecule has 0 fully saturated rings. The minimum Gasteiger partial charge on any atom is -0.448 e. The molecule has 3 aromatic carbocycles. The number of pyridine rings is 1. The van der Waals surface area contributed by atoms with Crippen LogP contribution >= 0.6 is 18.5 Å². The smallest absolute Gasteiger partial charge is 0.426 e. The van der Waals surface area contributed by atoms with E-state index in [0.717, 1.165) is 10.7 Å². The Hall–Kier alpha value is -2.90. The molecular formula is C25H24N3O3PS2. The molecule has 1 heterocycles. The second-order valence-electron chi connectivity index (χ2n) is 7.21. The van der Waals surface area contributed by atoms with Crippen molar-refractivity contribution in [2.45, 2.75) is 6.92 Å². The van der Waals surface area contributed by atoms with Gasteiger partial charge in [0.1, 0.15) is 11.3 Å². The Kier molecular flexibility index (Phi) is 7.85. The molecule has 4 aromatic rings. The summed E-state index contributed by atoms with van der Waals surface area (Å²) < 4.78 is 15.5. The Balaban J connectivity index is 1.57. The van der Waals surface area contributed by atoms with Crippen molar-refractivity contribution in [2.24, 2.45) is 0 Å². The Morgan fingerprint density at radius 1 is 0.971 bits per heavy atom. The van der Waals surface area contributed by atoms with Crippen LogP contribution < -0.4 is 14.6 Å². The molecule has 0 saturated carbocycles. The number of hydrogen-bond acceptors (Lipinski definition) is 6. The maximum Gasteiger partial charge on any atom is 0.426 e. The maximum absolute atomic E-state index is 13.0. The van der Waals surface area contributed by atoms with E-state index in [0.29, 0.717) is 23.6 Å². The van der Waals surface area contributed by atoms with Crippen LogP contribution in [-0.2, 0) is 11.8 Å². The number of benzene rings is 3. The van der Waals surface area contributed by atoms with Crippen LogP contribution in [0.15, 0.2) is 97.2 Å². The van der Waals surface area contributed by atoms with Gasteiger partial charge in [0.2, 0.25) is 6.42 Å². The summed E-state index contributed by atoms with van der Waals surface area (Å²) in [6, 6.07) is 28.5. The first-order chi connectivity index (χ1) is 16.5. The van der Waals surface area contributed by atoms with Gasteiger partial charge in [0.05, 0.1) is 12.1 Å². The lowest BCUT2D eigenvalue weighted by atomic mass is 10.2. The Morgan fingerprint density at radius 3 is 2.35 bits per heavy atom. The molecule has 0 N–H and O–H groups in total. The standard InChI is InChI=1S/C25H24N3O3PS2/c1-3-28(32(33,22-16-8-5-9-17-22)31-21-14-6-4-7-15-21)34-27(2)25(29)30-23-18-10-12-20-13-11-19-26-24(20)23/h4-19H,3H2,1-2H3. The van der Waals surface area contributed by atoms with Gasteiger partial charge in [0, 0.05) is 30.5 Å². The molecule has 174 valence electrons. The lowest BCUT2D eigenvalue weighted by Gasteiger charge is -2.34. The highest BCUT2D eigenvalue weighted by atomic mass is 32.5.